The Morgan fingerprint density at radius 2 is 2.27 bits per heavy atom. The van der Waals surface area contributed by atoms with E-state index in [-0.39, 0.29) is 6.61 Å². The third kappa shape index (κ3) is 2.45. The van der Waals surface area contributed by atoms with Gasteiger partial charge in [0.05, 0.1) is 6.61 Å². The molecule has 15 heavy (non-hydrogen) atoms. The maximum Gasteiger partial charge on any atom is 0.381 e. The number of esters is 1. The van der Waals surface area contributed by atoms with Crippen LogP contribution >= 0.6 is 0 Å². The Kier molecular flexibility index (Phi) is 3.28. The molecular weight excluding hydrogens is 211 g/mol. The van der Waals surface area contributed by atoms with Crippen molar-refractivity contribution in [1.29, 1.82) is 0 Å². The summed E-state index contributed by atoms with van der Waals surface area (Å²) in [5, 5.41) is 0. The van der Waals surface area contributed by atoms with E-state index in [4.69, 9.17) is 0 Å². The lowest BCUT2D eigenvalue weighted by molar-refractivity contribution is -0.173. The summed E-state index contributed by atoms with van der Waals surface area (Å²) in [5.41, 5.74) is -0.770. The molecule has 1 aromatic heterocycles. The molecule has 0 N–H and O–H groups in total. The van der Waals surface area contributed by atoms with Crippen molar-refractivity contribution in [3.8, 4) is 0 Å². The normalized spacial score (nSPS) is 11.2. The summed E-state index contributed by atoms with van der Waals surface area (Å²) in [6.45, 7) is 1.24. The summed E-state index contributed by atoms with van der Waals surface area (Å²) in [5.74, 6) is -6.62. The Morgan fingerprint density at radius 3 is 2.80 bits per heavy atom. The molecule has 1 heterocycles. The molecular formula is C9H8F3NO2. The van der Waals surface area contributed by atoms with E-state index in [9.17, 15) is 18.0 Å². The van der Waals surface area contributed by atoms with Crippen molar-refractivity contribution in [2.24, 2.45) is 0 Å². The molecule has 0 aliphatic carbocycles. The maximum absolute atomic E-state index is 13.2. The van der Waals surface area contributed by atoms with E-state index in [0.29, 0.717) is 6.07 Å². The number of hydrogen-bond acceptors (Lipinski definition) is 3. The van der Waals surface area contributed by atoms with Crippen LogP contribution in [-0.2, 0) is 15.5 Å². The van der Waals surface area contributed by atoms with Gasteiger partial charge in [0.1, 0.15) is 0 Å². The SMILES string of the molecule is CCOC(=O)C(F)(F)c1ccnc(F)c1. The minimum atomic E-state index is -3.85. The molecule has 0 bridgehead atoms. The quantitative estimate of drug-likeness (QED) is 0.575. The smallest absolute Gasteiger partial charge is 0.381 e. The summed E-state index contributed by atoms with van der Waals surface area (Å²) < 4.78 is 43.2. The van der Waals surface area contributed by atoms with Crippen LogP contribution < -0.4 is 0 Å². The number of halogens is 3. The average Bonchev–Trinajstić information content (AvgIpc) is 2.18. The molecule has 0 atom stereocenters. The van der Waals surface area contributed by atoms with Crippen molar-refractivity contribution in [2.75, 3.05) is 6.61 Å². The highest BCUT2D eigenvalue weighted by molar-refractivity contribution is 5.79. The highest BCUT2D eigenvalue weighted by Crippen LogP contribution is 2.29. The molecule has 6 heteroatoms. The first kappa shape index (κ1) is 11.5. The first-order valence-corrected chi connectivity index (χ1v) is 4.15. The minimum Gasteiger partial charge on any atom is -0.461 e. The van der Waals surface area contributed by atoms with Gasteiger partial charge in [-0.05, 0) is 13.0 Å². The van der Waals surface area contributed by atoms with Gasteiger partial charge in [-0.3, -0.25) is 0 Å². The number of aromatic nitrogens is 1. The standard InChI is InChI=1S/C9H8F3NO2/c1-2-15-8(14)9(11,12)6-3-4-13-7(10)5-6/h3-5H,2H2,1H3. The second-order valence-corrected chi connectivity index (χ2v) is 2.66. The lowest BCUT2D eigenvalue weighted by Crippen LogP contribution is -2.28. The zero-order valence-electron chi connectivity index (χ0n) is 7.84. The van der Waals surface area contributed by atoms with Crippen LogP contribution in [0.15, 0.2) is 18.3 Å². The molecule has 0 saturated carbocycles. The fourth-order valence-electron chi connectivity index (χ4n) is 0.937. The van der Waals surface area contributed by atoms with Crippen LogP contribution in [0.2, 0.25) is 0 Å². The predicted octanol–water partition coefficient (Wildman–Crippen LogP) is 1.88. The number of alkyl halides is 2. The molecule has 0 unspecified atom stereocenters. The Balaban J connectivity index is 2.99. The van der Waals surface area contributed by atoms with Crippen molar-refractivity contribution in [1.82, 2.24) is 4.98 Å². The van der Waals surface area contributed by atoms with Gasteiger partial charge in [-0.2, -0.15) is 13.2 Å². The van der Waals surface area contributed by atoms with E-state index in [1.165, 1.54) is 6.92 Å². The molecule has 82 valence electrons. The third-order valence-corrected chi connectivity index (χ3v) is 1.62. The summed E-state index contributed by atoms with van der Waals surface area (Å²) in [4.78, 5) is 14.0. The Morgan fingerprint density at radius 1 is 1.60 bits per heavy atom. The predicted molar refractivity (Wildman–Crippen MR) is 44.7 cm³/mol. The number of rotatable bonds is 3. The van der Waals surface area contributed by atoms with Gasteiger partial charge in [-0.1, -0.05) is 0 Å². The Bertz CT molecular complexity index is 368. The number of nitrogens with zero attached hydrogens (tertiary/aromatic N) is 1. The van der Waals surface area contributed by atoms with Gasteiger partial charge >= 0.3 is 11.9 Å². The topological polar surface area (TPSA) is 39.2 Å². The second-order valence-electron chi connectivity index (χ2n) is 2.66. The molecule has 3 nitrogen and oxygen atoms in total. The zero-order valence-corrected chi connectivity index (χ0v) is 7.84. The third-order valence-electron chi connectivity index (χ3n) is 1.62. The summed E-state index contributed by atoms with van der Waals surface area (Å²) in [7, 11) is 0. The van der Waals surface area contributed by atoms with Crippen LogP contribution in [0.5, 0.6) is 0 Å². The number of hydrogen-bond donors (Lipinski definition) is 0. The first-order valence-electron chi connectivity index (χ1n) is 4.15. The van der Waals surface area contributed by atoms with E-state index in [2.05, 4.69) is 9.72 Å². The summed E-state index contributed by atoms with van der Waals surface area (Å²) >= 11 is 0. The molecule has 0 fully saturated rings. The minimum absolute atomic E-state index is 0.165. The van der Waals surface area contributed by atoms with Crippen molar-refractivity contribution in [3.05, 3.63) is 29.8 Å². The fraction of sp³-hybridized carbons (Fsp3) is 0.333. The molecule has 0 amide bonds. The van der Waals surface area contributed by atoms with Crippen LogP contribution in [0.4, 0.5) is 13.2 Å². The molecule has 0 aromatic carbocycles. The van der Waals surface area contributed by atoms with E-state index in [1.54, 1.807) is 0 Å². The van der Waals surface area contributed by atoms with Gasteiger partial charge in [-0.25, -0.2) is 9.78 Å². The van der Waals surface area contributed by atoms with Crippen LogP contribution in [0.1, 0.15) is 12.5 Å². The molecule has 0 saturated heterocycles. The molecule has 1 aromatic rings. The van der Waals surface area contributed by atoms with Crippen molar-refractivity contribution in [2.45, 2.75) is 12.8 Å². The van der Waals surface area contributed by atoms with Gasteiger partial charge in [0, 0.05) is 17.8 Å². The molecule has 0 spiro atoms. The summed E-state index contributed by atoms with van der Waals surface area (Å²) in [6, 6.07) is 1.36. The fourth-order valence-corrected chi connectivity index (χ4v) is 0.937. The van der Waals surface area contributed by atoms with Crippen molar-refractivity contribution in [3.63, 3.8) is 0 Å². The van der Waals surface area contributed by atoms with Crippen LogP contribution in [0.25, 0.3) is 0 Å². The van der Waals surface area contributed by atoms with Gasteiger partial charge in [0.2, 0.25) is 5.95 Å². The van der Waals surface area contributed by atoms with E-state index >= 15 is 0 Å². The second kappa shape index (κ2) is 4.29. The largest absolute Gasteiger partial charge is 0.461 e. The molecule has 0 radical (unpaired) electrons. The maximum atomic E-state index is 13.2. The highest BCUT2D eigenvalue weighted by Gasteiger charge is 2.42. The summed E-state index contributed by atoms with van der Waals surface area (Å²) in [6.07, 6.45) is 0.859. The first-order chi connectivity index (χ1) is 6.98. The Labute approximate surface area is 83.9 Å². The number of carbonyl (C=O) groups is 1. The zero-order chi connectivity index (χ0) is 11.5. The van der Waals surface area contributed by atoms with E-state index in [0.717, 1.165) is 12.3 Å². The molecule has 0 aliphatic heterocycles. The van der Waals surface area contributed by atoms with Gasteiger partial charge in [0.15, 0.2) is 0 Å². The number of pyridine rings is 1. The van der Waals surface area contributed by atoms with Crippen LogP contribution in [0.3, 0.4) is 0 Å². The highest BCUT2D eigenvalue weighted by atomic mass is 19.3. The number of ether oxygens (including phenoxy) is 1. The van der Waals surface area contributed by atoms with Gasteiger partial charge < -0.3 is 4.74 Å². The van der Waals surface area contributed by atoms with Crippen molar-refractivity contribution >= 4 is 5.97 Å². The van der Waals surface area contributed by atoms with Gasteiger partial charge in [-0.15, -0.1) is 0 Å². The van der Waals surface area contributed by atoms with Gasteiger partial charge in [0.25, 0.3) is 0 Å². The van der Waals surface area contributed by atoms with Crippen LogP contribution in [0, 0.1) is 5.95 Å². The van der Waals surface area contributed by atoms with Crippen molar-refractivity contribution < 1.29 is 22.7 Å². The average molecular weight is 219 g/mol. The number of carbonyl (C=O) groups excluding carboxylic acids is 1. The molecule has 0 aliphatic rings. The van der Waals surface area contributed by atoms with Crippen LogP contribution in [-0.4, -0.2) is 17.6 Å². The lowest BCUT2D eigenvalue weighted by atomic mass is 10.1. The monoisotopic (exact) mass is 219 g/mol. The lowest BCUT2D eigenvalue weighted by Gasteiger charge is -2.14. The Hall–Kier alpha value is -1.59. The van der Waals surface area contributed by atoms with E-state index in [1.807, 2.05) is 0 Å². The molecule has 1 rings (SSSR count). The van der Waals surface area contributed by atoms with E-state index < -0.39 is 23.4 Å².